The van der Waals surface area contributed by atoms with E-state index in [2.05, 4.69) is 426 Å². The highest BCUT2D eigenvalue weighted by atomic mass is 16.3. The summed E-state index contributed by atoms with van der Waals surface area (Å²) in [7, 11) is 0. The maximum Gasteiger partial charge on any atom is 0.159 e. The molecule has 4 heteroatoms. The standard InChI is InChI=1S/C110H76N2O2/c1-109(2)98-62-79(86-34-19-28-73-26-11-13-30-84(73)86)50-56-90(98)92-59-52-82(67-100(92)109)111(102-37-17-15-32-88(102)75-44-40-71(41-45-75)69-22-7-5-8-23-69)81-54-61-106-97(66-81)95-58-49-78(65-107(95)113-106)77-48-55-89(76-46-42-72(43-47-76)70-24-9-6-10-25-70)104(64-77)112(103-38-21-36-96-94-33-16-18-39-105(94)114-108(96)103)83-53-60-93-91-57-51-80(63-99(91)110(3,4)101(93)68-83)87-35-20-29-74-27-12-14-31-85(74)87/h5-68H,1-4H3. The summed E-state index contributed by atoms with van der Waals surface area (Å²) in [4.78, 5) is 4.93. The molecule has 2 heterocycles. The molecule has 20 aromatic rings. The van der Waals surface area contributed by atoms with Gasteiger partial charge in [-0.2, -0.15) is 0 Å². The number of para-hydroxylation sites is 3. The molecule has 538 valence electrons. The highest BCUT2D eigenvalue weighted by Gasteiger charge is 2.39. The first-order valence-corrected chi connectivity index (χ1v) is 39.6. The lowest BCUT2D eigenvalue weighted by Crippen LogP contribution is -2.17. The fourth-order valence-corrected chi connectivity index (χ4v) is 18.8. The van der Waals surface area contributed by atoms with Gasteiger partial charge in [0, 0.05) is 60.6 Å². The van der Waals surface area contributed by atoms with Gasteiger partial charge in [0.05, 0.1) is 17.1 Å². The van der Waals surface area contributed by atoms with Gasteiger partial charge >= 0.3 is 0 Å². The molecule has 0 fully saturated rings. The fourth-order valence-electron chi connectivity index (χ4n) is 18.8. The Labute approximate surface area is 663 Å². The number of anilines is 6. The normalized spacial score (nSPS) is 13.1. The van der Waals surface area contributed by atoms with E-state index in [1.54, 1.807) is 0 Å². The molecule has 114 heavy (non-hydrogen) atoms. The lowest BCUT2D eigenvalue weighted by molar-refractivity contribution is 0.660. The van der Waals surface area contributed by atoms with Gasteiger partial charge in [0.25, 0.3) is 0 Å². The van der Waals surface area contributed by atoms with Gasteiger partial charge in [0.1, 0.15) is 16.7 Å². The molecule has 2 aromatic heterocycles. The minimum atomic E-state index is -0.352. The van der Waals surface area contributed by atoms with Gasteiger partial charge in [-0.1, -0.05) is 325 Å². The minimum Gasteiger partial charge on any atom is -0.456 e. The van der Waals surface area contributed by atoms with Crippen LogP contribution in [0.15, 0.2) is 397 Å². The third-order valence-electron chi connectivity index (χ3n) is 24.7. The summed E-state index contributed by atoms with van der Waals surface area (Å²) < 4.78 is 14.2. The van der Waals surface area contributed by atoms with E-state index in [9.17, 15) is 0 Å². The van der Waals surface area contributed by atoms with E-state index in [4.69, 9.17) is 8.83 Å². The van der Waals surface area contributed by atoms with E-state index >= 15 is 0 Å². The van der Waals surface area contributed by atoms with Crippen LogP contribution in [0.2, 0.25) is 0 Å². The molecule has 0 radical (unpaired) electrons. The molecule has 0 saturated carbocycles. The van der Waals surface area contributed by atoms with E-state index in [1.165, 1.54) is 105 Å². The van der Waals surface area contributed by atoms with Crippen LogP contribution >= 0.6 is 0 Å². The van der Waals surface area contributed by atoms with Gasteiger partial charge in [-0.15, -0.1) is 0 Å². The Morgan fingerprint density at radius 1 is 0.193 bits per heavy atom. The van der Waals surface area contributed by atoms with Crippen molar-refractivity contribution in [3.05, 3.63) is 411 Å². The van der Waals surface area contributed by atoms with Gasteiger partial charge in [0.2, 0.25) is 0 Å². The van der Waals surface area contributed by atoms with Crippen molar-refractivity contribution in [3.63, 3.8) is 0 Å². The van der Waals surface area contributed by atoms with Gasteiger partial charge in [-0.05, 0) is 224 Å². The van der Waals surface area contributed by atoms with Crippen molar-refractivity contribution in [3.8, 4) is 100 Å². The second kappa shape index (κ2) is 26.2. The van der Waals surface area contributed by atoms with Crippen molar-refractivity contribution in [2.24, 2.45) is 0 Å². The predicted octanol–water partition coefficient (Wildman–Crippen LogP) is 31.0. The maximum absolute atomic E-state index is 7.12. The van der Waals surface area contributed by atoms with Gasteiger partial charge in [-0.25, -0.2) is 0 Å². The van der Waals surface area contributed by atoms with Crippen LogP contribution in [0.25, 0.3) is 166 Å². The lowest BCUT2D eigenvalue weighted by Gasteiger charge is -2.30. The van der Waals surface area contributed by atoms with Gasteiger partial charge < -0.3 is 18.6 Å². The predicted molar refractivity (Wildman–Crippen MR) is 479 cm³/mol. The number of fused-ring (bicyclic) bond motifs is 14. The monoisotopic (exact) mass is 1460 g/mol. The molecular weight excluding hydrogens is 1380 g/mol. The van der Waals surface area contributed by atoms with E-state index in [1.807, 2.05) is 0 Å². The molecule has 0 N–H and O–H groups in total. The number of hydrogen-bond donors (Lipinski definition) is 0. The average Bonchev–Trinajstić information content (AvgIpc) is 1.57. The zero-order valence-electron chi connectivity index (χ0n) is 63.7. The molecule has 4 nitrogen and oxygen atoms in total. The second-order valence-electron chi connectivity index (χ2n) is 31.8. The van der Waals surface area contributed by atoms with Gasteiger partial charge in [0.15, 0.2) is 5.58 Å². The number of benzene rings is 18. The molecule has 0 atom stereocenters. The summed E-state index contributed by atoms with van der Waals surface area (Å²) >= 11 is 0. The van der Waals surface area contributed by atoms with Crippen LogP contribution in [0.1, 0.15) is 49.9 Å². The SMILES string of the molecule is CC1(C)c2cc(-c3cccc4ccccc34)ccc2-c2ccc(N(c3ccc4oc5cc(-c6ccc(-c7ccc(-c8ccccc8)cc7)c(N(c7ccc8c(c7)C(C)(C)c7cc(-c9cccc%10ccccc9%10)ccc7-8)c7cccc8c7oc7ccccc78)c6)ccc5c4c3)c3ccccc3-c3ccc(-c4ccccc4)cc3)cc21. The summed E-state index contributed by atoms with van der Waals surface area (Å²) in [5.74, 6) is 0. The van der Waals surface area contributed by atoms with Crippen LogP contribution in [0.5, 0.6) is 0 Å². The van der Waals surface area contributed by atoms with Crippen LogP contribution in [0.3, 0.4) is 0 Å². The molecule has 18 aromatic carbocycles. The molecule has 0 bridgehead atoms. The third-order valence-corrected chi connectivity index (χ3v) is 24.7. The lowest BCUT2D eigenvalue weighted by atomic mass is 9.81. The van der Waals surface area contributed by atoms with Crippen molar-refractivity contribution in [2.75, 3.05) is 9.80 Å². The summed E-state index contributed by atoms with van der Waals surface area (Å²) in [6.45, 7) is 9.58. The summed E-state index contributed by atoms with van der Waals surface area (Å²) in [5, 5.41) is 9.19. The molecule has 2 aliphatic carbocycles. The van der Waals surface area contributed by atoms with E-state index in [-0.39, 0.29) is 10.8 Å². The van der Waals surface area contributed by atoms with Crippen LogP contribution in [-0.4, -0.2) is 0 Å². The Hall–Kier alpha value is -14.3. The first-order chi connectivity index (χ1) is 56.0. The van der Waals surface area contributed by atoms with Crippen LogP contribution in [0, 0.1) is 0 Å². The molecule has 0 spiro atoms. The average molecular weight is 1460 g/mol. The Kier molecular flexibility index (Phi) is 15.3. The van der Waals surface area contributed by atoms with E-state index < -0.39 is 0 Å². The van der Waals surface area contributed by atoms with Crippen molar-refractivity contribution in [1.82, 2.24) is 0 Å². The number of nitrogens with zero attached hydrogens (tertiary/aromatic N) is 2. The minimum absolute atomic E-state index is 0.310. The van der Waals surface area contributed by atoms with Gasteiger partial charge in [-0.3, -0.25) is 0 Å². The largest absolute Gasteiger partial charge is 0.456 e. The second-order valence-corrected chi connectivity index (χ2v) is 31.8. The molecule has 2 aliphatic rings. The van der Waals surface area contributed by atoms with Crippen LogP contribution in [0.4, 0.5) is 34.1 Å². The molecule has 0 amide bonds. The first-order valence-electron chi connectivity index (χ1n) is 39.6. The zero-order valence-corrected chi connectivity index (χ0v) is 63.7. The molecule has 0 aliphatic heterocycles. The van der Waals surface area contributed by atoms with E-state index in [0.29, 0.717) is 0 Å². The number of rotatable bonds is 13. The van der Waals surface area contributed by atoms with Crippen molar-refractivity contribution in [1.29, 1.82) is 0 Å². The highest BCUT2D eigenvalue weighted by Crippen LogP contribution is 2.57. The Bertz CT molecular complexity index is 7270. The molecule has 0 saturated heterocycles. The van der Waals surface area contributed by atoms with Crippen molar-refractivity contribution in [2.45, 2.75) is 38.5 Å². The maximum atomic E-state index is 7.12. The van der Waals surface area contributed by atoms with Crippen LogP contribution in [-0.2, 0) is 10.8 Å². The Balaban J connectivity index is 0.688. The fraction of sp³-hybridized carbons (Fsp3) is 0.0545. The van der Waals surface area contributed by atoms with E-state index in [0.717, 1.165) is 117 Å². The first kappa shape index (κ1) is 66.6. The Morgan fingerprint density at radius 2 is 0.579 bits per heavy atom. The number of furan rings is 2. The third kappa shape index (κ3) is 10.8. The Morgan fingerprint density at radius 3 is 1.19 bits per heavy atom. The quantitative estimate of drug-likeness (QED) is 0.115. The molecular formula is C110H76N2O2. The highest BCUT2D eigenvalue weighted by molar-refractivity contribution is 6.12. The zero-order chi connectivity index (χ0) is 75.9. The smallest absolute Gasteiger partial charge is 0.159 e. The van der Waals surface area contributed by atoms with Crippen molar-refractivity contribution >= 4 is 99.5 Å². The number of hydrogen-bond acceptors (Lipinski definition) is 4. The van der Waals surface area contributed by atoms with Crippen LogP contribution < -0.4 is 9.80 Å². The molecule has 0 unspecified atom stereocenters. The topological polar surface area (TPSA) is 32.8 Å². The summed E-state index contributed by atoms with van der Waals surface area (Å²) in [6.07, 6.45) is 0. The molecule has 22 rings (SSSR count). The summed E-state index contributed by atoms with van der Waals surface area (Å²) in [5.41, 5.74) is 35.2. The van der Waals surface area contributed by atoms with Crippen molar-refractivity contribution < 1.29 is 8.83 Å². The summed E-state index contributed by atoms with van der Waals surface area (Å²) in [6, 6.07) is 143.